The molecule has 4 rings (SSSR count). The summed E-state index contributed by atoms with van der Waals surface area (Å²) in [6, 6.07) is 15.6. The van der Waals surface area contributed by atoms with Crippen LogP contribution in [-0.2, 0) is 25.8 Å². The van der Waals surface area contributed by atoms with Gasteiger partial charge in [-0.2, -0.15) is 0 Å². The second-order valence-corrected chi connectivity index (χ2v) is 6.09. The topological polar surface area (TPSA) is 12.5 Å². The first-order valence-corrected chi connectivity index (χ1v) is 7.92. The summed E-state index contributed by atoms with van der Waals surface area (Å²) in [5.74, 6) is 1.09. The van der Waals surface area contributed by atoms with Crippen LogP contribution in [0.3, 0.4) is 0 Å². The Kier molecular flexibility index (Phi) is 3.40. The van der Waals surface area contributed by atoms with Crippen LogP contribution >= 0.6 is 0 Å². The molecule has 2 aromatic rings. The second kappa shape index (κ2) is 5.53. The van der Waals surface area contributed by atoms with E-state index < -0.39 is 0 Å². The van der Waals surface area contributed by atoms with Crippen molar-refractivity contribution in [2.45, 2.75) is 25.8 Å². The highest BCUT2D eigenvalue weighted by atomic mass is 16.5. The molecule has 0 aromatic heterocycles. The van der Waals surface area contributed by atoms with E-state index in [4.69, 9.17) is 4.74 Å². The number of hydrogen-bond acceptors (Lipinski definition) is 2. The standard InChI is InChI=1S/C19H21NO/c1-2-4-18-14-20(11-8-16(18)3-1)10-7-15-5-6-19-17(13-15)9-12-21-19/h1-6,13H,7-12,14H2. The molecule has 2 heterocycles. The largest absolute Gasteiger partial charge is 0.493 e. The van der Waals surface area contributed by atoms with Gasteiger partial charge in [-0.1, -0.05) is 36.4 Å². The van der Waals surface area contributed by atoms with Crippen LogP contribution in [0.5, 0.6) is 5.75 Å². The molecule has 0 radical (unpaired) electrons. The fourth-order valence-electron chi connectivity index (χ4n) is 3.43. The molecule has 0 bridgehead atoms. The molecule has 0 unspecified atom stereocenters. The number of fused-ring (bicyclic) bond motifs is 2. The Balaban J connectivity index is 1.39. The maximum absolute atomic E-state index is 5.58. The minimum Gasteiger partial charge on any atom is -0.493 e. The highest BCUT2D eigenvalue weighted by Crippen LogP contribution is 2.26. The fraction of sp³-hybridized carbons (Fsp3) is 0.368. The van der Waals surface area contributed by atoms with Gasteiger partial charge in [-0.25, -0.2) is 0 Å². The van der Waals surface area contributed by atoms with Gasteiger partial charge in [0.15, 0.2) is 0 Å². The van der Waals surface area contributed by atoms with Crippen molar-refractivity contribution in [2.24, 2.45) is 0 Å². The van der Waals surface area contributed by atoms with Crippen molar-refractivity contribution in [3.05, 3.63) is 64.7 Å². The number of rotatable bonds is 3. The van der Waals surface area contributed by atoms with Crippen LogP contribution in [0.15, 0.2) is 42.5 Å². The number of benzene rings is 2. The maximum atomic E-state index is 5.58. The third-order valence-corrected chi connectivity index (χ3v) is 4.68. The van der Waals surface area contributed by atoms with Crippen molar-refractivity contribution in [3.63, 3.8) is 0 Å². The van der Waals surface area contributed by atoms with E-state index in [9.17, 15) is 0 Å². The predicted molar refractivity (Wildman–Crippen MR) is 84.8 cm³/mol. The lowest BCUT2D eigenvalue weighted by Gasteiger charge is -2.28. The molecule has 0 atom stereocenters. The van der Waals surface area contributed by atoms with Gasteiger partial charge in [0.2, 0.25) is 0 Å². The normalized spacial score (nSPS) is 17.1. The molecule has 0 aliphatic carbocycles. The Morgan fingerprint density at radius 1 is 0.952 bits per heavy atom. The van der Waals surface area contributed by atoms with E-state index >= 15 is 0 Å². The zero-order chi connectivity index (χ0) is 14.1. The van der Waals surface area contributed by atoms with Crippen molar-refractivity contribution in [2.75, 3.05) is 19.7 Å². The van der Waals surface area contributed by atoms with E-state index in [0.29, 0.717) is 0 Å². The molecule has 21 heavy (non-hydrogen) atoms. The molecule has 0 saturated carbocycles. The van der Waals surface area contributed by atoms with E-state index in [1.54, 1.807) is 0 Å². The summed E-state index contributed by atoms with van der Waals surface area (Å²) in [6.07, 6.45) is 3.39. The highest BCUT2D eigenvalue weighted by Gasteiger charge is 2.16. The van der Waals surface area contributed by atoms with Crippen molar-refractivity contribution >= 4 is 0 Å². The zero-order valence-electron chi connectivity index (χ0n) is 12.3. The van der Waals surface area contributed by atoms with Crippen LogP contribution < -0.4 is 4.74 Å². The summed E-state index contributed by atoms with van der Waals surface area (Å²) >= 11 is 0. The van der Waals surface area contributed by atoms with Crippen LogP contribution in [0.25, 0.3) is 0 Å². The minimum absolute atomic E-state index is 0.849. The summed E-state index contributed by atoms with van der Waals surface area (Å²) in [4.78, 5) is 2.58. The maximum Gasteiger partial charge on any atom is 0.122 e. The molecule has 2 aliphatic rings. The number of nitrogens with zero attached hydrogens (tertiary/aromatic N) is 1. The van der Waals surface area contributed by atoms with Gasteiger partial charge in [0.25, 0.3) is 0 Å². The highest BCUT2D eigenvalue weighted by molar-refractivity contribution is 5.40. The Morgan fingerprint density at radius 3 is 2.81 bits per heavy atom. The Bertz CT molecular complexity index is 650. The van der Waals surface area contributed by atoms with Gasteiger partial charge in [-0.05, 0) is 41.2 Å². The molecule has 0 fully saturated rings. The molecular weight excluding hydrogens is 258 g/mol. The van der Waals surface area contributed by atoms with Crippen LogP contribution in [-0.4, -0.2) is 24.6 Å². The minimum atomic E-state index is 0.849. The quantitative estimate of drug-likeness (QED) is 0.855. The van der Waals surface area contributed by atoms with Crippen LogP contribution in [0.4, 0.5) is 0 Å². The Hall–Kier alpha value is -1.80. The summed E-state index contributed by atoms with van der Waals surface area (Å²) in [6.45, 7) is 4.28. The number of ether oxygens (including phenoxy) is 1. The first-order chi connectivity index (χ1) is 10.4. The van der Waals surface area contributed by atoms with Crippen molar-refractivity contribution < 1.29 is 4.74 Å². The SMILES string of the molecule is c1ccc2c(c1)CCN(CCc1ccc3c(c1)CCO3)C2. The number of hydrogen-bond donors (Lipinski definition) is 0. The second-order valence-electron chi connectivity index (χ2n) is 6.09. The van der Waals surface area contributed by atoms with E-state index in [-0.39, 0.29) is 0 Å². The van der Waals surface area contributed by atoms with E-state index in [1.165, 1.54) is 35.2 Å². The van der Waals surface area contributed by atoms with E-state index in [0.717, 1.165) is 38.3 Å². The first-order valence-electron chi connectivity index (χ1n) is 7.92. The van der Waals surface area contributed by atoms with Gasteiger partial charge in [0, 0.05) is 26.1 Å². The van der Waals surface area contributed by atoms with Gasteiger partial charge in [-0.15, -0.1) is 0 Å². The molecular formula is C19H21NO. The van der Waals surface area contributed by atoms with E-state index in [2.05, 4.69) is 47.4 Å². The summed E-state index contributed by atoms with van der Waals surface area (Å²) in [5, 5.41) is 0. The molecule has 108 valence electrons. The summed E-state index contributed by atoms with van der Waals surface area (Å²) in [7, 11) is 0. The van der Waals surface area contributed by atoms with Gasteiger partial charge < -0.3 is 4.74 Å². The van der Waals surface area contributed by atoms with Crippen molar-refractivity contribution in [1.29, 1.82) is 0 Å². The smallest absolute Gasteiger partial charge is 0.122 e. The Labute approximate surface area is 126 Å². The molecule has 2 heteroatoms. The summed E-state index contributed by atoms with van der Waals surface area (Å²) < 4.78 is 5.58. The first kappa shape index (κ1) is 12.9. The zero-order valence-corrected chi connectivity index (χ0v) is 12.3. The van der Waals surface area contributed by atoms with Crippen LogP contribution in [0.1, 0.15) is 22.3 Å². The molecule has 2 aromatic carbocycles. The molecule has 0 N–H and O–H groups in total. The molecule has 2 nitrogen and oxygen atoms in total. The van der Waals surface area contributed by atoms with Crippen molar-refractivity contribution in [1.82, 2.24) is 4.90 Å². The van der Waals surface area contributed by atoms with Gasteiger partial charge in [-0.3, -0.25) is 4.90 Å². The predicted octanol–water partition coefficient (Wildman–Crippen LogP) is 3.22. The Morgan fingerprint density at radius 2 is 1.86 bits per heavy atom. The molecule has 0 spiro atoms. The fourth-order valence-corrected chi connectivity index (χ4v) is 3.43. The lowest BCUT2D eigenvalue weighted by Crippen LogP contribution is -2.32. The van der Waals surface area contributed by atoms with Gasteiger partial charge >= 0.3 is 0 Å². The van der Waals surface area contributed by atoms with Crippen LogP contribution in [0, 0.1) is 0 Å². The lowest BCUT2D eigenvalue weighted by molar-refractivity contribution is 0.257. The van der Waals surface area contributed by atoms with Gasteiger partial charge in [0.1, 0.15) is 5.75 Å². The van der Waals surface area contributed by atoms with E-state index in [1.807, 2.05) is 0 Å². The molecule has 0 amide bonds. The summed E-state index contributed by atoms with van der Waals surface area (Å²) in [5.41, 5.74) is 5.86. The van der Waals surface area contributed by atoms with Gasteiger partial charge in [0.05, 0.1) is 6.61 Å². The average Bonchev–Trinajstić information content (AvgIpc) is 3.00. The lowest BCUT2D eigenvalue weighted by atomic mass is 9.99. The molecule has 2 aliphatic heterocycles. The van der Waals surface area contributed by atoms with Crippen LogP contribution in [0.2, 0.25) is 0 Å². The van der Waals surface area contributed by atoms with Crippen molar-refractivity contribution in [3.8, 4) is 5.75 Å². The average molecular weight is 279 g/mol. The monoisotopic (exact) mass is 279 g/mol. The third kappa shape index (κ3) is 2.68. The molecule has 0 saturated heterocycles. The third-order valence-electron chi connectivity index (χ3n) is 4.68.